The molecule has 0 saturated carbocycles. The maximum atomic E-state index is 11.0. The first-order valence-electron chi connectivity index (χ1n) is 3.18. The summed E-state index contributed by atoms with van der Waals surface area (Å²) in [7, 11) is -4.09. The molecule has 4 N–H and O–H groups in total. The molecular formula is C5H7N3O4S. The third-order valence-electron chi connectivity index (χ3n) is 1.36. The van der Waals surface area contributed by atoms with E-state index in [1.807, 2.05) is 0 Å². The maximum Gasteiger partial charge on any atom is 0.325 e. The second kappa shape index (κ2) is 2.82. The van der Waals surface area contributed by atoms with Crippen molar-refractivity contribution in [1.29, 1.82) is 0 Å². The lowest BCUT2D eigenvalue weighted by atomic mass is 10.4. The monoisotopic (exact) mass is 205 g/mol. The summed E-state index contributed by atoms with van der Waals surface area (Å²) in [5, 5.41) is 4.74. The molecule has 0 unspecified atom stereocenters. The molecule has 1 aromatic rings. The highest BCUT2D eigenvalue weighted by molar-refractivity contribution is 7.89. The Labute approximate surface area is 72.7 Å². The highest BCUT2D eigenvalue weighted by Crippen LogP contribution is 2.00. The van der Waals surface area contributed by atoms with E-state index >= 15 is 0 Å². The molecule has 13 heavy (non-hydrogen) atoms. The third-order valence-corrected chi connectivity index (χ3v) is 2.42. The molecule has 1 rings (SSSR count). The number of aromatic nitrogens is 2. The average molecular weight is 205 g/mol. The highest BCUT2D eigenvalue weighted by Gasteiger charge is 2.16. The van der Waals surface area contributed by atoms with Crippen LogP contribution < -0.4 is 16.4 Å². The van der Waals surface area contributed by atoms with Gasteiger partial charge >= 0.3 is 5.69 Å². The topological polar surface area (TPSA) is 126 Å². The van der Waals surface area contributed by atoms with E-state index < -0.39 is 26.2 Å². The number of nitrogens with one attached hydrogen (secondary N) is 2. The van der Waals surface area contributed by atoms with Gasteiger partial charge in [0.2, 0.25) is 10.0 Å². The first-order chi connectivity index (χ1) is 5.82. The second-order valence-corrected chi connectivity index (χ2v) is 3.91. The van der Waals surface area contributed by atoms with Gasteiger partial charge in [0.05, 0.1) is 0 Å². The molecule has 0 aliphatic carbocycles. The fourth-order valence-corrected chi connectivity index (χ4v) is 1.72. The quantitative estimate of drug-likeness (QED) is 0.491. The van der Waals surface area contributed by atoms with E-state index in [0.29, 0.717) is 0 Å². The normalized spacial score (nSPS) is 11.5. The van der Waals surface area contributed by atoms with Crippen molar-refractivity contribution in [1.82, 2.24) is 9.97 Å². The molecule has 7 nitrogen and oxygen atoms in total. The van der Waals surface area contributed by atoms with Gasteiger partial charge in [-0.2, -0.15) is 0 Å². The molecule has 1 aromatic heterocycles. The van der Waals surface area contributed by atoms with Crippen molar-refractivity contribution in [3.05, 3.63) is 26.5 Å². The van der Waals surface area contributed by atoms with E-state index in [2.05, 4.69) is 4.98 Å². The van der Waals surface area contributed by atoms with E-state index in [-0.39, 0.29) is 5.69 Å². The van der Waals surface area contributed by atoms with Gasteiger partial charge < -0.3 is 4.98 Å². The summed E-state index contributed by atoms with van der Waals surface area (Å²) in [5.41, 5.74) is -1.85. The van der Waals surface area contributed by atoms with Crippen LogP contribution in [0.5, 0.6) is 0 Å². The number of sulfonamides is 1. The Hall–Kier alpha value is -1.41. The van der Waals surface area contributed by atoms with E-state index in [1.165, 1.54) is 6.92 Å². The van der Waals surface area contributed by atoms with Gasteiger partial charge in [-0.3, -0.25) is 9.78 Å². The standard InChI is InChI=1S/C5H7N3O4S/c1-2-3(13(6,11)12)4(9)8-5(10)7-2/h1H3,(H2,6,11,12)(H2,7,8,9,10). The van der Waals surface area contributed by atoms with Crippen LogP contribution in [-0.4, -0.2) is 18.4 Å². The lowest BCUT2D eigenvalue weighted by molar-refractivity contribution is 0.594. The van der Waals surface area contributed by atoms with Crippen LogP contribution >= 0.6 is 0 Å². The number of hydrogen-bond acceptors (Lipinski definition) is 4. The van der Waals surface area contributed by atoms with Crippen LogP contribution in [0.4, 0.5) is 0 Å². The van der Waals surface area contributed by atoms with Crippen molar-refractivity contribution in [3.8, 4) is 0 Å². The van der Waals surface area contributed by atoms with E-state index in [4.69, 9.17) is 5.14 Å². The summed E-state index contributed by atoms with van der Waals surface area (Å²) in [6, 6.07) is 0. The zero-order valence-electron chi connectivity index (χ0n) is 6.62. The molecule has 0 radical (unpaired) electrons. The van der Waals surface area contributed by atoms with Crippen LogP contribution in [0.1, 0.15) is 5.69 Å². The Bertz CT molecular complexity index is 538. The number of aryl methyl sites for hydroxylation is 1. The van der Waals surface area contributed by atoms with Crippen molar-refractivity contribution < 1.29 is 8.42 Å². The average Bonchev–Trinajstić information content (AvgIpc) is 1.78. The summed E-state index contributed by atoms with van der Waals surface area (Å²) >= 11 is 0. The molecular weight excluding hydrogens is 198 g/mol. The van der Waals surface area contributed by atoms with Gasteiger partial charge in [-0.15, -0.1) is 0 Å². The number of nitrogens with two attached hydrogens (primary N) is 1. The van der Waals surface area contributed by atoms with Gasteiger partial charge in [0.15, 0.2) is 4.90 Å². The Balaban J connectivity index is 3.77. The zero-order chi connectivity index (χ0) is 10.2. The Morgan fingerprint density at radius 2 is 1.77 bits per heavy atom. The number of H-pyrrole nitrogens is 2. The van der Waals surface area contributed by atoms with Crippen molar-refractivity contribution >= 4 is 10.0 Å². The SMILES string of the molecule is Cc1[nH]c(=O)[nH]c(=O)c1S(N)(=O)=O. The number of hydrogen-bond donors (Lipinski definition) is 3. The van der Waals surface area contributed by atoms with E-state index in [1.54, 1.807) is 4.98 Å². The minimum Gasteiger partial charge on any atom is -0.310 e. The van der Waals surface area contributed by atoms with Gasteiger partial charge in [0.25, 0.3) is 5.56 Å². The molecule has 72 valence electrons. The predicted molar refractivity (Wildman–Crippen MR) is 43.8 cm³/mol. The van der Waals surface area contributed by atoms with Gasteiger partial charge in [-0.25, -0.2) is 18.4 Å². The molecule has 0 atom stereocenters. The first-order valence-corrected chi connectivity index (χ1v) is 4.73. The molecule has 1 heterocycles. The summed E-state index contributed by atoms with van der Waals surface area (Å²) < 4.78 is 21.6. The number of primary sulfonamides is 1. The second-order valence-electron chi connectivity index (χ2n) is 2.41. The third kappa shape index (κ3) is 1.84. The van der Waals surface area contributed by atoms with Crippen LogP contribution in [0.3, 0.4) is 0 Å². The van der Waals surface area contributed by atoms with Gasteiger partial charge in [-0.05, 0) is 6.92 Å². The van der Waals surface area contributed by atoms with Crippen LogP contribution in [0.2, 0.25) is 0 Å². The molecule has 8 heteroatoms. The molecule has 0 aliphatic rings. The van der Waals surface area contributed by atoms with Crippen LogP contribution in [0, 0.1) is 6.92 Å². The van der Waals surface area contributed by atoms with Crippen molar-refractivity contribution in [2.75, 3.05) is 0 Å². The fraction of sp³-hybridized carbons (Fsp3) is 0.200. The van der Waals surface area contributed by atoms with Gasteiger partial charge in [-0.1, -0.05) is 0 Å². The number of rotatable bonds is 1. The minimum atomic E-state index is -4.09. The maximum absolute atomic E-state index is 11.0. The Morgan fingerprint density at radius 3 is 2.15 bits per heavy atom. The molecule has 0 aromatic carbocycles. The van der Waals surface area contributed by atoms with Crippen LogP contribution in [0.25, 0.3) is 0 Å². The summed E-state index contributed by atoms with van der Waals surface area (Å²) in [4.78, 5) is 24.9. The fourth-order valence-electron chi connectivity index (χ4n) is 0.931. The first kappa shape index (κ1) is 9.68. The van der Waals surface area contributed by atoms with Crippen LogP contribution in [0.15, 0.2) is 14.5 Å². The largest absolute Gasteiger partial charge is 0.325 e. The molecule has 0 amide bonds. The minimum absolute atomic E-state index is 0.0729. The zero-order valence-corrected chi connectivity index (χ0v) is 7.44. The molecule has 0 spiro atoms. The van der Waals surface area contributed by atoms with Crippen molar-refractivity contribution in [2.45, 2.75) is 11.8 Å². The summed E-state index contributed by atoms with van der Waals surface area (Å²) in [5.74, 6) is 0. The summed E-state index contributed by atoms with van der Waals surface area (Å²) in [6.45, 7) is 1.27. The van der Waals surface area contributed by atoms with E-state index in [9.17, 15) is 18.0 Å². The van der Waals surface area contributed by atoms with Crippen molar-refractivity contribution in [3.63, 3.8) is 0 Å². The lowest BCUT2D eigenvalue weighted by Gasteiger charge is -1.99. The Morgan fingerprint density at radius 1 is 1.23 bits per heavy atom. The molecule has 0 fully saturated rings. The van der Waals surface area contributed by atoms with Gasteiger partial charge in [0.1, 0.15) is 0 Å². The van der Waals surface area contributed by atoms with Gasteiger partial charge in [0, 0.05) is 5.69 Å². The highest BCUT2D eigenvalue weighted by atomic mass is 32.2. The van der Waals surface area contributed by atoms with Crippen molar-refractivity contribution in [2.24, 2.45) is 5.14 Å². The Kier molecular flexibility index (Phi) is 2.10. The molecule has 0 bridgehead atoms. The number of aromatic amines is 2. The summed E-state index contributed by atoms with van der Waals surface area (Å²) in [6.07, 6.45) is 0. The lowest BCUT2D eigenvalue weighted by Crippen LogP contribution is -2.31. The van der Waals surface area contributed by atoms with Crippen LogP contribution in [-0.2, 0) is 10.0 Å². The molecule has 0 aliphatic heterocycles. The van der Waals surface area contributed by atoms with E-state index in [0.717, 1.165) is 0 Å². The predicted octanol–water partition coefficient (Wildman–Crippen LogP) is -1.98. The molecule has 0 saturated heterocycles. The smallest absolute Gasteiger partial charge is 0.310 e.